The van der Waals surface area contributed by atoms with Gasteiger partial charge in [-0.2, -0.15) is 0 Å². The van der Waals surface area contributed by atoms with Crippen molar-refractivity contribution in [2.75, 3.05) is 11.9 Å². The third kappa shape index (κ3) is 2.31. The maximum absolute atomic E-state index is 12.4. The highest BCUT2D eigenvalue weighted by Gasteiger charge is 2.53. The predicted molar refractivity (Wildman–Crippen MR) is 79.0 cm³/mol. The van der Waals surface area contributed by atoms with Crippen LogP contribution in [0.15, 0.2) is 24.3 Å². The summed E-state index contributed by atoms with van der Waals surface area (Å²) in [5.41, 5.74) is 0.630. The number of rotatable bonds is 1. The third-order valence-corrected chi connectivity index (χ3v) is 4.02. The Hall–Kier alpha value is -1.88. The Morgan fingerprint density at radius 1 is 1.33 bits per heavy atom. The normalized spacial score (nSPS) is 27.6. The summed E-state index contributed by atoms with van der Waals surface area (Å²) in [6, 6.07) is 7.21. The first-order valence-corrected chi connectivity index (χ1v) is 7.19. The van der Waals surface area contributed by atoms with Crippen LogP contribution in [0.2, 0.25) is 0 Å². The van der Waals surface area contributed by atoms with E-state index in [0.29, 0.717) is 13.0 Å². The molecule has 0 aliphatic carbocycles. The van der Waals surface area contributed by atoms with Crippen molar-refractivity contribution in [2.24, 2.45) is 0 Å². The molecule has 1 amide bonds. The number of para-hydroxylation sites is 1. The maximum atomic E-state index is 12.4. The van der Waals surface area contributed by atoms with E-state index in [1.54, 1.807) is 0 Å². The lowest BCUT2D eigenvalue weighted by atomic mass is 9.79. The van der Waals surface area contributed by atoms with Gasteiger partial charge in [0.25, 0.3) is 0 Å². The third-order valence-electron chi connectivity index (χ3n) is 4.02. The zero-order chi connectivity index (χ0) is 15.3. The molecule has 21 heavy (non-hydrogen) atoms. The van der Waals surface area contributed by atoms with E-state index in [0.717, 1.165) is 11.3 Å². The number of anilines is 1. The second-order valence-corrected chi connectivity index (χ2v) is 6.75. The van der Waals surface area contributed by atoms with Gasteiger partial charge in [0.05, 0.1) is 5.41 Å². The molecule has 2 aliphatic heterocycles. The summed E-state index contributed by atoms with van der Waals surface area (Å²) < 4.78 is 5.41. The number of esters is 1. The maximum Gasteiger partial charge on any atom is 0.323 e. The van der Waals surface area contributed by atoms with E-state index in [4.69, 9.17) is 4.74 Å². The highest BCUT2D eigenvalue weighted by Crippen LogP contribution is 2.43. The molecular weight excluding hydrogens is 268 g/mol. The molecule has 0 aromatic heterocycles. The number of amides is 1. The van der Waals surface area contributed by atoms with Crippen molar-refractivity contribution in [1.82, 2.24) is 5.32 Å². The minimum Gasteiger partial charge on any atom is -0.459 e. The average Bonchev–Trinajstić information content (AvgIpc) is 2.93. The number of benzene rings is 1. The van der Waals surface area contributed by atoms with Crippen LogP contribution in [0.4, 0.5) is 5.69 Å². The lowest BCUT2D eigenvalue weighted by molar-refractivity contribution is -0.157. The Bertz CT molecular complexity index is 606. The minimum absolute atomic E-state index is 0.0396. The number of carbonyl (C=O) groups is 2. The molecule has 2 N–H and O–H groups in total. The zero-order valence-corrected chi connectivity index (χ0v) is 12.5. The SMILES string of the molecule is CC(C)(C)OC(=O)C1CC2(CN1)C(=O)Nc1ccccc12. The van der Waals surface area contributed by atoms with Gasteiger partial charge >= 0.3 is 5.97 Å². The van der Waals surface area contributed by atoms with Crippen LogP contribution in [0.5, 0.6) is 0 Å². The molecule has 1 spiro atoms. The van der Waals surface area contributed by atoms with Crippen LogP contribution in [0.3, 0.4) is 0 Å². The molecule has 0 saturated carbocycles. The molecule has 0 radical (unpaired) electrons. The van der Waals surface area contributed by atoms with Gasteiger partial charge in [0.15, 0.2) is 0 Å². The van der Waals surface area contributed by atoms with Gasteiger partial charge in [-0.3, -0.25) is 9.59 Å². The Labute approximate surface area is 124 Å². The van der Waals surface area contributed by atoms with E-state index >= 15 is 0 Å². The molecule has 2 aliphatic rings. The Morgan fingerprint density at radius 3 is 2.76 bits per heavy atom. The van der Waals surface area contributed by atoms with Crippen LogP contribution < -0.4 is 10.6 Å². The number of hydrogen-bond acceptors (Lipinski definition) is 4. The molecule has 1 saturated heterocycles. The number of nitrogens with one attached hydrogen (secondary N) is 2. The van der Waals surface area contributed by atoms with Crippen LogP contribution in [0.25, 0.3) is 0 Å². The summed E-state index contributed by atoms with van der Waals surface area (Å²) in [4.78, 5) is 24.6. The van der Waals surface area contributed by atoms with Crippen molar-refractivity contribution >= 4 is 17.6 Å². The fourth-order valence-corrected chi connectivity index (χ4v) is 3.08. The average molecular weight is 288 g/mol. The molecular formula is C16H20N2O3. The highest BCUT2D eigenvalue weighted by atomic mass is 16.6. The molecule has 2 atom stereocenters. The van der Waals surface area contributed by atoms with E-state index in [1.807, 2.05) is 45.0 Å². The van der Waals surface area contributed by atoms with E-state index in [1.165, 1.54) is 0 Å². The summed E-state index contributed by atoms with van der Waals surface area (Å²) in [5, 5.41) is 6.05. The van der Waals surface area contributed by atoms with E-state index in [9.17, 15) is 9.59 Å². The Morgan fingerprint density at radius 2 is 2.05 bits per heavy atom. The monoisotopic (exact) mass is 288 g/mol. The molecule has 5 nitrogen and oxygen atoms in total. The molecule has 112 valence electrons. The van der Waals surface area contributed by atoms with Gasteiger partial charge < -0.3 is 15.4 Å². The van der Waals surface area contributed by atoms with Gasteiger partial charge in [-0.15, -0.1) is 0 Å². The van der Waals surface area contributed by atoms with Crippen molar-refractivity contribution < 1.29 is 14.3 Å². The van der Waals surface area contributed by atoms with Crippen LogP contribution in [0, 0.1) is 0 Å². The first-order valence-electron chi connectivity index (χ1n) is 7.19. The molecule has 1 aromatic carbocycles. The standard InChI is InChI=1S/C16H20N2O3/c1-15(2,3)21-13(19)12-8-16(9-17-12)10-6-4-5-7-11(10)18-14(16)20/h4-7,12,17H,8-9H2,1-3H3,(H,18,20). The topological polar surface area (TPSA) is 67.4 Å². The largest absolute Gasteiger partial charge is 0.459 e. The van der Waals surface area contributed by atoms with E-state index < -0.39 is 17.1 Å². The molecule has 2 unspecified atom stereocenters. The van der Waals surface area contributed by atoms with Gasteiger partial charge in [-0.05, 0) is 38.8 Å². The van der Waals surface area contributed by atoms with Crippen molar-refractivity contribution in [3.63, 3.8) is 0 Å². The fraction of sp³-hybridized carbons (Fsp3) is 0.500. The number of hydrogen-bond donors (Lipinski definition) is 2. The number of fused-ring (bicyclic) bond motifs is 2. The van der Waals surface area contributed by atoms with Gasteiger partial charge in [-0.1, -0.05) is 18.2 Å². The van der Waals surface area contributed by atoms with Gasteiger partial charge in [0.2, 0.25) is 5.91 Å². The quantitative estimate of drug-likeness (QED) is 0.770. The smallest absolute Gasteiger partial charge is 0.323 e. The molecule has 2 heterocycles. The lowest BCUT2D eigenvalue weighted by Gasteiger charge is -2.23. The van der Waals surface area contributed by atoms with E-state index in [2.05, 4.69) is 10.6 Å². The van der Waals surface area contributed by atoms with Crippen molar-refractivity contribution in [1.29, 1.82) is 0 Å². The molecule has 0 bridgehead atoms. The first-order chi connectivity index (χ1) is 9.82. The second-order valence-electron chi connectivity index (χ2n) is 6.75. The lowest BCUT2D eigenvalue weighted by Crippen LogP contribution is -2.37. The summed E-state index contributed by atoms with van der Waals surface area (Å²) in [7, 11) is 0. The highest BCUT2D eigenvalue weighted by molar-refractivity contribution is 6.07. The van der Waals surface area contributed by atoms with Gasteiger partial charge in [-0.25, -0.2) is 0 Å². The summed E-state index contributed by atoms with van der Waals surface area (Å²) >= 11 is 0. The van der Waals surface area contributed by atoms with Crippen LogP contribution in [-0.2, 0) is 19.7 Å². The van der Waals surface area contributed by atoms with Crippen LogP contribution in [0.1, 0.15) is 32.8 Å². The van der Waals surface area contributed by atoms with E-state index in [-0.39, 0.29) is 11.9 Å². The second kappa shape index (κ2) is 4.56. The van der Waals surface area contributed by atoms with Gasteiger partial charge in [0.1, 0.15) is 11.6 Å². The minimum atomic E-state index is -0.655. The summed E-state index contributed by atoms with van der Waals surface area (Å²) in [6.07, 6.45) is 0.435. The van der Waals surface area contributed by atoms with Crippen molar-refractivity contribution in [3.05, 3.63) is 29.8 Å². The zero-order valence-electron chi connectivity index (χ0n) is 12.5. The molecule has 1 aromatic rings. The molecule has 5 heteroatoms. The molecule has 1 fully saturated rings. The van der Waals surface area contributed by atoms with Crippen molar-refractivity contribution in [2.45, 2.75) is 44.2 Å². The number of ether oxygens (including phenoxy) is 1. The Balaban J connectivity index is 1.84. The van der Waals surface area contributed by atoms with Crippen molar-refractivity contribution in [3.8, 4) is 0 Å². The predicted octanol–water partition coefficient (Wildman–Crippen LogP) is 1.58. The van der Waals surface area contributed by atoms with Gasteiger partial charge in [0, 0.05) is 12.2 Å². The molecule has 3 rings (SSSR count). The summed E-state index contributed by atoms with van der Waals surface area (Å²) in [6.45, 7) is 5.98. The van der Waals surface area contributed by atoms with Crippen LogP contribution >= 0.6 is 0 Å². The summed E-state index contributed by atoms with van der Waals surface area (Å²) in [5.74, 6) is -0.334. The first kappa shape index (κ1) is 14.1. The van der Waals surface area contributed by atoms with Crippen LogP contribution in [-0.4, -0.2) is 30.1 Å². The fourth-order valence-electron chi connectivity index (χ4n) is 3.08. The Kier molecular flexibility index (Phi) is 3.06. The number of carbonyl (C=O) groups excluding carboxylic acids is 2.